The lowest BCUT2D eigenvalue weighted by Gasteiger charge is -2.49. The van der Waals surface area contributed by atoms with E-state index < -0.39 is 16.1 Å². The fourth-order valence-corrected chi connectivity index (χ4v) is 21.9. The number of para-hydroxylation sites is 2. The van der Waals surface area contributed by atoms with Crippen LogP contribution in [0.2, 0.25) is 0 Å². The summed E-state index contributed by atoms with van der Waals surface area (Å²) in [6, 6.07) is 53.7. The maximum atomic E-state index is 7.29. The summed E-state index contributed by atoms with van der Waals surface area (Å²) in [4.78, 5) is 33.2. The molecule has 0 N–H and O–H groups in total. The first-order valence-corrected chi connectivity index (χ1v) is 28.1. The van der Waals surface area contributed by atoms with E-state index in [9.17, 15) is 0 Å². The average molecular weight is 977 g/mol. The summed E-state index contributed by atoms with van der Waals surface area (Å²) in [7, 11) is 9.93. The van der Waals surface area contributed by atoms with Crippen molar-refractivity contribution in [2.24, 2.45) is 0 Å². The van der Waals surface area contributed by atoms with Crippen molar-refractivity contribution >= 4 is 115 Å². The summed E-state index contributed by atoms with van der Waals surface area (Å²) in [6.07, 6.45) is 7.22. The minimum Gasteiger partial charge on any atom is -0.439 e. The molecule has 0 bridgehead atoms. The molecule has 12 nitrogen and oxygen atoms in total. The molecule has 0 unspecified atom stereocenters. The molecule has 4 aliphatic rings. The molecule has 14 heteroatoms. The fraction of sp³-hybridized carbons (Fsp3) is 0.138. The number of fused-ring (bicyclic) bond motifs is 16. The number of ether oxygens (including phenoxy) is 2. The molecular weight excluding hydrogens is 925 g/mol. The molecule has 9 aromatic rings. The molecule has 7 aromatic carbocycles. The van der Waals surface area contributed by atoms with Crippen molar-refractivity contribution in [3.63, 3.8) is 0 Å². The van der Waals surface area contributed by atoms with Crippen LogP contribution in [0.5, 0.6) is 23.3 Å². The second-order valence-corrected chi connectivity index (χ2v) is 27.1. The van der Waals surface area contributed by atoms with Crippen LogP contribution in [0.1, 0.15) is 0 Å². The van der Waals surface area contributed by atoms with Crippen LogP contribution >= 0.6 is 0 Å². The summed E-state index contributed by atoms with van der Waals surface area (Å²) in [5, 5.41) is 8.88. The maximum absolute atomic E-state index is 7.29. The van der Waals surface area contributed by atoms with E-state index in [1.165, 1.54) is 20.7 Å². The predicted octanol–water partition coefficient (Wildman–Crippen LogP) is 6.06. The van der Waals surface area contributed by atoms with Crippen molar-refractivity contribution in [1.29, 1.82) is 0 Å². The van der Waals surface area contributed by atoms with Crippen molar-refractivity contribution in [2.45, 2.75) is 0 Å². The van der Waals surface area contributed by atoms with Crippen LogP contribution in [-0.2, 0) is 0 Å². The molecular formula is C58H52N10O2Si2. The largest absolute Gasteiger partial charge is 0.439 e. The van der Waals surface area contributed by atoms with Gasteiger partial charge in [0, 0.05) is 146 Å². The first kappa shape index (κ1) is 43.5. The Morgan fingerprint density at radius 2 is 0.681 bits per heavy atom. The fourth-order valence-electron chi connectivity index (χ4n) is 11.7. The molecule has 0 aliphatic carbocycles. The lowest BCUT2D eigenvalue weighted by atomic mass is 10.1. The normalized spacial score (nSPS) is 14.5. The smallest absolute Gasteiger partial charge is 0.222 e. The van der Waals surface area contributed by atoms with Gasteiger partial charge in [0.1, 0.15) is 24.2 Å². The third kappa shape index (κ3) is 6.02. The van der Waals surface area contributed by atoms with Gasteiger partial charge in [0.2, 0.25) is 11.8 Å². The highest BCUT2D eigenvalue weighted by Crippen LogP contribution is 2.46. The Kier molecular flexibility index (Phi) is 9.70. The zero-order chi connectivity index (χ0) is 49.2. The minimum absolute atomic E-state index is 0.560. The highest BCUT2D eigenvalue weighted by atomic mass is 28.3. The number of hydrogen-bond acceptors (Lipinski definition) is 12. The Hall–Kier alpha value is -8.47. The zero-order valence-electron chi connectivity index (χ0n) is 41.5. The first-order valence-electron chi connectivity index (χ1n) is 24.1. The molecule has 72 heavy (non-hydrogen) atoms. The molecule has 0 fully saturated rings. The lowest BCUT2D eigenvalue weighted by Crippen LogP contribution is -2.80. The monoisotopic (exact) mass is 976 g/mol. The van der Waals surface area contributed by atoms with Crippen molar-refractivity contribution in [3.8, 4) is 23.3 Å². The van der Waals surface area contributed by atoms with E-state index in [1.54, 1.807) is 12.7 Å². The summed E-state index contributed by atoms with van der Waals surface area (Å²) < 4.78 is 14.6. The number of hydrogen-bond donors (Lipinski definition) is 0. The number of anilines is 10. The number of aromatic nitrogens is 4. The standard InChI is InChI=1S/C58H52N10O2Si2/c1-63(2)39-19-23-49-43(27-39)67(37-15-11-9-12-16-37)44-28-40(64(3)4)20-24-50(44)71(49)53-31-48-54(32-47(53)69-57-55(71)33-59-35-61-57)72(56-34-60-36-62-58(56)70-48)51-25-21-41(65(5)6)29-45(51)68(38-17-13-10-14-18-38)46-30-42(66(7)8)22-26-52(46)72/h9-36H,1-8H3. The second kappa shape index (κ2) is 16.0. The van der Waals surface area contributed by atoms with Gasteiger partial charge in [0.15, 0.2) is 16.1 Å². The molecule has 13 rings (SSSR count). The summed E-state index contributed by atoms with van der Waals surface area (Å²) >= 11 is 0. The van der Waals surface area contributed by atoms with Crippen LogP contribution in [-0.4, -0.2) is 92.5 Å². The van der Waals surface area contributed by atoms with Crippen molar-refractivity contribution in [2.75, 3.05) is 85.8 Å². The van der Waals surface area contributed by atoms with E-state index in [4.69, 9.17) is 29.4 Å². The van der Waals surface area contributed by atoms with Crippen LogP contribution in [0.15, 0.2) is 171 Å². The SMILES string of the molecule is CN(C)c1ccc2c(c1)N(c1ccccc1)c1cc(N(C)C)ccc1[Si]21c2cc3c(cc2Oc2ncncc21)[Si]1(c2ccc(N(C)C)cc2N(c2ccccc2)c2cc(N(C)C)ccc21)c1cncnc1O3. The summed E-state index contributed by atoms with van der Waals surface area (Å²) in [5.41, 5.74) is 10.9. The first-order chi connectivity index (χ1) is 35.0. The second-order valence-electron chi connectivity index (χ2n) is 19.8. The minimum atomic E-state index is -3.44. The molecule has 0 saturated carbocycles. The maximum Gasteiger partial charge on any atom is 0.222 e. The predicted molar refractivity (Wildman–Crippen MR) is 299 cm³/mol. The zero-order valence-corrected chi connectivity index (χ0v) is 43.5. The van der Waals surface area contributed by atoms with Crippen LogP contribution in [0.4, 0.5) is 56.9 Å². The Labute approximate surface area is 421 Å². The molecule has 0 saturated heterocycles. The third-order valence-electron chi connectivity index (χ3n) is 15.1. The molecule has 2 spiro atoms. The third-order valence-corrected chi connectivity index (χ3v) is 24.7. The number of nitrogens with zero attached hydrogens (tertiary/aromatic N) is 10. The topological polar surface area (TPSA) is 89.5 Å². The molecule has 354 valence electrons. The van der Waals surface area contributed by atoms with Gasteiger partial charge in [-0.1, -0.05) is 60.7 Å². The van der Waals surface area contributed by atoms with Crippen molar-refractivity contribution < 1.29 is 9.47 Å². The van der Waals surface area contributed by atoms with E-state index in [1.807, 2.05) is 12.4 Å². The van der Waals surface area contributed by atoms with Crippen LogP contribution in [0.3, 0.4) is 0 Å². The molecule has 0 amide bonds. The molecule has 2 aromatic heterocycles. The molecule has 0 radical (unpaired) electrons. The van der Waals surface area contributed by atoms with Gasteiger partial charge < -0.3 is 38.9 Å². The molecule has 4 aliphatic heterocycles. The number of benzene rings is 7. The summed E-state index contributed by atoms with van der Waals surface area (Å²) in [5.74, 6) is 2.63. The van der Waals surface area contributed by atoms with E-state index in [0.717, 1.165) is 89.1 Å². The van der Waals surface area contributed by atoms with Gasteiger partial charge in [0.25, 0.3) is 0 Å². The van der Waals surface area contributed by atoms with E-state index >= 15 is 0 Å². The highest BCUT2D eigenvalue weighted by molar-refractivity contribution is 7.24. The van der Waals surface area contributed by atoms with Crippen LogP contribution in [0.25, 0.3) is 0 Å². The van der Waals surface area contributed by atoms with E-state index in [-0.39, 0.29) is 0 Å². The van der Waals surface area contributed by atoms with Gasteiger partial charge in [-0.05, 0) is 106 Å². The molecule has 0 atom stereocenters. The van der Waals surface area contributed by atoms with E-state index in [2.05, 4.69) is 231 Å². The van der Waals surface area contributed by atoms with Gasteiger partial charge in [-0.15, -0.1) is 0 Å². The highest BCUT2D eigenvalue weighted by Gasteiger charge is 2.59. The average Bonchev–Trinajstić information content (AvgIpc) is 3.40. The molecule has 6 heterocycles. The van der Waals surface area contributed by atoms with Gasteiger partial charge in [-0.2, -0.15) is 0 Å². The van der Waals surface area contributed by atoms with E-state index in [0.29, 0.717) is 11.8 Å². The Morgan fingerprint density at radius 3 is 0.986 bits per heavy atom. The Balaban J connectivity index is 1.17. The quantitative estimate of drug-likeness (QED) is 0.182. The number of rotatable bonds is 6. The van der Waals surface area contributed by atoms with Crippen LogP contribution in [0, 0.1) is 0 Å². The van der Waals surface area contributed by atoms with Gasteiger partial charge in [-0.25, -0.2) is 19.9 Å². The Morgan fingerprint density at radius 1 is 0.361 bits per heavy atom. The Bertz CT molecular complexity index is 3310. The van der Waals surface area contributed by atoms with Gasteiger partial charge >= 0.3 is 0 Å². The van der Waals surface area contributed by atoms with Gasteiger partial charge in [-0.3, -0.25) is 0 Å². The summed E-state index contributed by atoms with van der Waals surface area (Å²) in [6.45, 7) is 0. The lowest BCUT2D eigenvalue weighted by molar-refractivity contribution is 0.455. The van der Waals surface area contributed by atoms with Crippen molar-refractivity contribution in [1.82, 2.24) is 19.9 Å². The van der Waals surface area contributed by atoms with Crippen molar-refractivity contribution in [3.05, 3.63) is 171 Å². The van der Waals surface area contributed by atoms with Gasteiger partial charge in [0.05, 0.1) is 0 Å². The van der Waals surface area contributed by atoms with Crippen LogP contribution < -0.4 is 80.4 Å².